The summed E-state index contributed by atoms with van der Waals surface area (Å²) in [5.41, 5.74) is 25.3. The lowest BCUT2D eigenvalue weighted by Gasteiger charge is -2.34. The van der Waals surface area contributed by atoms with Crippen LogP contribution in [0, 0.1) is 0 Å². The Morgan fingerprint density at radius 3 is 1.34 bits per heavy atom. The first-order chi connectivity index (χ1) is 31.5. The summed E-state index contributed by atoms with van der Waals surface area (Å²) in [6.07, 6.45) is 6.98. The van der Waals surface area contributed by atoms with Crippen LogP contribution in [-0.4, -0.2) is 0 Å². The summed E-state index contributed by atoms with van der Waals surface area (Å²) in [7, 11) is 0. The number of hydrogen-bond acceptors (Lipinski definition) is 0. The third-order valence-electron chi connectivity index (χ3n) is 14.4. The fourth-order valence-corrected chi connectivity index (χ4v) is 11.3. The molecule has 0 heterocycles. The molecule has 0 aromatic heterocycles. The minimum atomic E-state index is -0.535. The third kappa shape index (κ3) is 6.05. The smallest absolute Gasteiger partial charge is 0.0713 e. The van der Waals surface area contributed by atoms with Gasteiger partial charge in [0.25, 0.3) is 0 Å². The van der Waals surface area contributed by atoms with E-state index in [4.69, 9.17) is 0 Å². The van der Waals surface area contributed by atoms with Crippen LogP contribution in [0.4, 0.5) is 0 Å². The molecule has 0 aliphatic heterocycles. The molecular weight excluding hydrogens is 769 g/mol. The van der Waals surface area contributed by atoms with Gasteiger partial charge in [-0.2, -0.15) is 0 Å². The van der Waals surface area contributed by atoms with Gasteiger partial charge in [-0.15, -0.1) is 0 Å². The van der Waals surface area contributed by atoms with E-state index in [0.717, 1.165) is 12.8 Å². The van der Waals surface area contributed by atoms with Gasteiger partial charge in [-0.3, -0.25) is 0 Å². The summed E-state index contributed by atoms with van der Waals surface area (Å²) in [6, 6.07) is 81.8. The minimum Gasteiger partial charge on any atom is -0.0839 e. The van der Waals surface area contributed by atoms with E-state index in [1.807, 2.05) is 0 Å². The highest BCUT2D eigenvalue weighted by Crippen LogP contribution is 2.57. The maximum Gasteiger partial charge on any atom is 0.0713 e. The number of benzene rings is 9. The van der Waals surface area contributed by atoms with Gasteiger partial charge in [0.2, 0.25) is 0 Å². The SMILES string of the molecule is CC1(C)C2=C(CCC=C2)c2ccc(-c3cccc(C4(c5cccc(-c6cccc(-c7cc(-c8ccccc8)cc(-c8ccccc8)c7)c6)c5)c5ccccc5-c5ccccc54)c3)cc21. The van der Waals surface area contributed by atoms with Crippen molar-refractivity contribution in [2.75, 3.05) is 0 Å². The van der Waals surface area contributed by atoms with E-state index in [2.05, 4.69) is 244 Å². The van der Waals surface area contributed by atoms with E-state index in [0.29, 0.717) is 0 Å². The molecule has 0 atom stereocenters. The molecule has 0 nitrogen and oxygen atoms in total. The molecule has 0 saturated heterocycles. The van der Waals surface area contributed by atoms with E-state index in [-0.39, 0.29) is 5.41 Å². The van der Waals surface area contributed by atoms with Crippen molar-refractivity contribution < 1.29 is 0 Å². The van der Waals surface area contributed by atoms with Crippen LogP contribution in [0.25, 0.3) is 72.3 Å². The summed E-state index contributed by atoms with van der Waals surface area (Å²) >= 11 is 0. The van der Waals surface area contributed by atoms with Crippen molar-refractivity contribution in [3.8, 4) is 66.8 Å². The largest absolute Gasteiger partial charge is 0.0839 e. The van der Waals surface area contributed by atoms with Crippen LogP contribution in [-0.2, 0) is 10.8 Å². The maximum atomic E-state index is 2.48. The molecule has 0 spiro atoms. The second kappa shape index (κ2) is 15.1. The lowest BCUT2D eigenvalue weighted by Crippen LogP contribution is -2.28. The van der Waals surface area contributed by atoms with Gasteiger partial charge < -0.3 is 0 Å². The van der Waals surface area contributed by atoms with E-state index in [1.54, 1.807) is 0 Å². The molecule has 0 fully saturated rings. The van der Waals surface area contributed by atoms with Crippen LogP contribution in [0.15, 0.2) is 236 Å². The lowest BCUT2D eigenvalue weighted by atomic mass is 9.67. The molecule has 0 unspecified atom stereocenters. The van der Waals surface area contributed by atoms with Crippen LogP contribution in [0.1, 0.15) is 60.1 Å². The summed E-state index contributed by atoms with van der Waals surface area (Å²) in [4.78, 5) is 0. The Labute approximate surface area is 377 Å². The molecule has 0 amide bonds. The molecule has 3 aliphatic rings. The molecule has 0 saturated carbocycles. The molecule has 0 heteroatoms. The average Bonchev–Trinajstić information content (AvgIpc) is 3.80. The highest BCUT2D eigenvalue weighted by Gasteiger charge is 2.46. The van der Waals surface area contributed by atoms with Crippen molar-refractivity contribution in [3.63, 3.8) is 0 Å². The van der Waals surface area contributed by atoms with Crippen LogP contribution in [0.3, 0.4) is 0 Å². The molecule has 64 heavy (non-hydrogen) atoms. The monoisotopic (exact) mass is 816 g/mol. The minimum absolute atomic E-state index is 0.0214. The first-order valence-electron chi connectivity index (χ1n) is 22.8. The quantitative estimate of drug-likeness (QED) is 0.150. The number of fused-ring (bicyclic) bond motifs is 5. The summed E-state index contributed by atoms with van der Waals surface area (Å²) in [5, 5.41) is 0. The van der Waals surface area contributed by atoms with Gasteiger partial charge in [-0.25, -0.2) is 0 Å². The zero-order chi connectivity index (χ0) is 42.8. The molecule has 304 valence electrons. The molecule has 0 N–H and O–H groups in total. The Morgan fingerprint density at radius 1 is 0.328 bits per heavy atom. The second-order valence-corrected chi connectivity index (χ2v) is 18.3. The molecule has 9 aromatic rings. The maximum absolute atomic E-state index is 2.48. The summed E-state index contributed by atoms with van der Waals surface area (Å²) in [6.45, 7) is 4.80. The molecule has 0 bridgehead atoms. The highest BCUT2D eigenvalue weighted by molar-refractivity contribution is 5.89. The van der Waals surface area contributed by atoms with E-state index < -0.39 is 5.41 Å². The molecule has 0 radical (unpaired) electrons. The average molecular weight is 817 g/mol. The Balaban J connectivity index is 1.00. The number of rotatable bonds is 7. The van der Waals surface area contributed by atoms with Crippen LogP contribution < -0.4 is 0 Å². The fraction of sp³-hybridized carbons (Fsp3) is 0.0938. The van der Waals surface area contributed by atoms with Crippen molar-refractivity contribution in [2.24, 2.45) is 0 Å². The zero-order valence-corrected chi connectivity index (χ0v) is 36.4. The van der Waals surface area contributed by atoms with E-state index >= 15 is 0 Å². The van der Waals surface area contributed by atoms with Gasteiger partial charge >= 0.3 is 0 Å². The van der Waals surface area contributed by atoms with Gasteiger partial charge in [0.1, 0.15) is 0 Å². The Bertz CT molecular complexity index is 3240. The van der Waals surface area contributed by atoms with Crippen molar-refractivity contribution in [3.05, 3.63) is 269 Å². The Hall–Kier alpha value is -7.54. The summed E-state index contributed by atoms with van der Waals surface area (Å²) < 4.78 is 0. The van der Waals surface area contributed by atoms with Gasteiger partial charge in [-0.05, 0) is 167 Å². The molecule has 3 aliphatic carbocycles. The number of hydrogen-bond donors (Lipinski definition) is 0. The molecule has 9 aromatic carbocycles. The van der Waals surface area contributed by atoms with Gasteiger partial charge in [0, 0.05) is 5.41 Å². The van der Waals surface area contributed by atoms with E-state index in [1.165, 1.54) is 111 Å². The standard InChI is InChI=1S/C64H48/c1-63(2)59-31-12-9-28-55(59)58-35-34-49(42-62(58)63)48-25-17-27-54(41-48)64(60-32-13-10-29-56(60)57-30-11-14-33-61(57)64)53-26-16-24-47(40-53)45-22-15-23-46(36-45)52-38-50(43-18-5-3-6-19-43)37-51(39-52)44-20-7-4-8-21-44/h3-8,10-27,29-42H,9,28H2,1-2H3. The first kappa shape index (κ1) is 38.2. The molecular formula is C64H48. The van der Waals surface area contributed by atoms with Crippen LogP contribution in [0.2, 0.25) is 0 Å². The Kier molecular flexibility index (Phi) is 8.99. The predicted octanol–water partition coefficient (Wildman–Crippen LogP) is 16.8. The van der Waals surface area contributed by atoms with Gasteiger partial charge in [0.15, 0.2) is 0 Å². The van der Waals surface area contributed by atoms with Crippen molar-refractivity contribution in [1.82, 2.24) is 0 Å². The first-order valence-corrected chi connectivity index (χ1v) is 22.8. The zero-order valence-electron chi connectivity index (χ0n) is 36.4. The van der Waals surface area contributed by atoms with Gasteiger partial charge in [0.05, 0.1) is 5.41 Å². The second-order valence-electron chi connectivity index (χ2n) is 18.3. The number of allylic oxidation sites excluding steroid dienone is 4. The Morgan fingerprint density at radius 2 is 0.766 bits per heavy atom. The van der Waals surface area contributed by atoms with Gasteiger partial charge in [-0.1, -0.05) is 202 Å². The predicted molar refractivity (Wildman–Crippen MR) is 269 cm³/mol. The molecule has 12 rings (SSSR count). The fourth-order valence-electron chi connectivity index (χ4n) is 11.3. The van der Waals surface area contributed by atoms with Crippen LogP contribution in [0.5, 0.6) is 0 Å². The topological polar surface area (TPSA) is 0 Å². The summed E-state index contributed by atoms with van der Waals surface area (Å²) in [5.74, 6) is 0. The van der Waals surface area contributed by atoms with Crippen molar-refractivity contribution in [2.45, 2.75) is 37.5 Å². The third-order valence-corrected chi connectivity index (χ3v) is 14.4. The normalized spacial score (nSPS) is 15.0. The lowest BCUT2D eigenvalue weighted by molar-refractivity contribution is 0.651. The van der Waals surface area contributed by atoms with Crippen LogP contribution >= 0.6 is 0 Å². The van der Waals surface area contributed by atoms with Crippen molar-refractivity contribution in [1.29, 1.82) is 0 Å². The van der Waals surface area contributed by atoms with E-state index in [9.17, 15) is 0 Å². The highest BCUT2D eigenvalue weighted by atomic mass is 14.5. The van der Waals surface area contributed by atoms with Crippen molar-refractivity contribution >= 4 is 5.57 Å².